The number of hydrogen-bond donors (Lipinski definition) is 1. The fourth-order valence-electron chi connectivity index (χ4n) is 2.64. The van der Waals surface area contributed by atoms with Crippen LogP contribution in [0.4, 0.5) is 0 Å². The van der Waals surface area contributed by atoms with Gasteiger partial charge in [-0.05, 0) is 25.0 Å². The molecule has 0 aliphatic carbocycles. The summed E-state index contributed by atoms with van der Waals surface area (Å²) in [5, 5.41) is 3.01. The number of ether oxygens (including phenoxy) is 2. The molecule has 0 unspecified atom stereocenters. The quantitative estimate of drug-likeness (QED) is 0.908. The minimum atomic E-state index is -0.208. The van der Waals surface area contributed by atoms with Crippen LogP contribution in [-0.2, 0) is 16.1 Å². The zero-order chi connectivity index (χ0) is 16.8. The van der Waals surface area contributed by atoms with Crippen molar-refractivity contribution in [1.29, 1.82) is 0 Å². The third-order valence-electron chi connectivity index (χ3n) is 3.94. The van der Waals surface area contributed by atoms with Gasteiger partial charge in [-0.2, -0.15) is 0 Å². The molecule has 1 saturated heterocycles. The van der Waals surface area contributed by atoms with Crippen molar-refractivity contribution in [3.8, 4) is 0 Å². The lowest BCUT2D eigenvalue weighted by Gasteiger charge is -2.32. The van der Waals surface area contributed by atoms with E-state index in [1.807, 2.05) is 30.3 Å². The SMILES string of the molecule is Cc1nccc(C(=O)N[C@@H]2CCOC[C@H]2OCc2ccccc2)n1. The fourth-order valence-corrected chi connectivity index (χ4v) is 2.64. The van der Waals surface area contributed by atoms with Crippen LogP contribution in [0.3, 0.4) is 0 Å². The van der Waals surface area contributed by atoms with E-state index in [0.29, 0.717) is 31.3 Å². The first-order valence-corrected chi connectivity index (χ1v) is 8.06. The topological polar surface area (TPSA) is 73.3 Å². The first-order valence-electron chi connectivity index (χ1n) is 8.06. The van der Waals surface area contributed by atoms with Gasteiger partial charge < -0.3 is 14.8 Å². The Labute approximate surface area is 141 Å². The highest BCUT2D eigenvalue weighted by atomic mass is 16.5. The monoisotopic (exact) mass is 327 g/mol. The normalized spacial score (nSPS) is 20.5. The Hall–Kier alpha value is -2.31. The van der Waals surface area contributed by atoms with Crippen LogP contribution in [0.5, 0.6) is 0 Å². The molecule has 0 saturated carbocycles. The van der Waals surface area contributed by atoms with E-state index >= 15 is 0 Å². The molecule has 0 bridgehead atoms. The third-order valence-corrected chi connectivity index (χ3v) is 3.94. The number of hydrogen-bond acceptors (Lipinski definition) is 5. The van der Waals surface area contributed by atoms with E-state index < -0.39 is 0 Å². The van der Waals surface area contributed by atoms with Crippen molar-refractivity contribution in [2.24, 2.45) is 0 Å². The highest BCUT2D eigenvalue weighted by Crippen LogP contribution is 2.14. The maximum Gasteiger partial charge on any atom is 0.270 e. The second-order valence-corrected chi connectivity index (χ2v) is 5.77. The Balaban J connectivity index is 1.60. The highest BCUT2D eigenvalue weighted by molar-refractivity contribution is 5.92. The Morgan fingerprint density at radius 1 is 1.33 bits per heavy atom. The van der Waals surface area contributed by atoms with E-state index in [2.05, 4.69) is 15.3 Å². The van der Waals surface area contributed by atoms with Gasteiger partial charge in [-0.3, -0.25) is 4.79 Å². The number of rotatable bonds is 5. The first kappa shape index (κ1) is 16.5. The Morgan fingerprint density at radius 3 is 2.96 bits per heavy atom. The van der Waals surface area contributed by atoms with Gasteiger partial charge in [0.05, 0.1) is 19.3 Å². The lowest BCUT2D eigenvalue weighted by molar-refractivity contribution is -0.0736. The fraction of sp³-hybridized carbons (Fsp3) is 0.389. The van der Waals surface area contributed by atoms with Gasteiger partial charge in [0.2, 0.25) is 0 Å². The lowest BCUT2D eigenvalue weighted by atomic mass is 10.1. The third kappa shape index (κ3) is 4.37. The van der Waals surface area contributed by atoms with Crippen LogP contribution in [0.25, 0.3) is 0 Å². The van der Waals surface area contributed by atoms with Crippen LogP contribution in [0, 0.1) is 6.92 Å². The van der Waals surface area contributed by atoms with E-state index in [9.17, 15) is 4.79 Å². The summed E-state index contributed by atoms with van der Waals surface area (Å²) in [5.41, 5.74) is 1.47. The number of aryl methyl sites for hydroxylation is 1. The van der Waals surface area contributed by atoms with Crippen LogP contribution >= 0.6 is 0 Å². The summed E-state index contributed by atoms with van der Waals surface area (Å²) < 4.78 is 11.5. The van der Waals surface area contributed by atoms with Gasteiger partial charge in [0.1, 0.15) is 17.6 Å². The van der Waals surface area contributed by atoms with E-state index in [1.54, 1.807) is 19.2 Å². The molecule has 1 aliphatic rings. The van der Waals surface area contributed by atoms with E-state index in [4.69, 9.17) is 9.47 Å². The summed E-state index contributed by atoms with van der Waals surface area (Å²) >= 11 is 0. The summed E-state index contributed by atoms with van der Waals surface area (Å²) in [5.74, 6) is 0.368. The zero-order valence-electron chi connectivity index (χ0n) is 13.6. The molecular weight excluding hydrogens is 306 g/mol. The average Bonchev–Trinajstić information content (AvgIpc) is 2.62. The number of aromatic nitrogens is 2. The summed E-state index contributed by atoms with van der Waals surface area (Å²) in [6.07, 6.45) is 2.13. The number of carbonyl (C=O) groups is 1. The standard InChI is InChI=1S/C18H21N3O3/c1-13-19-9-7-16(20-13)18(22)21-15-8-10-23-12-17(15)24-11-14-5-3-2-4-6-14/h2-7,9,15,17H,8,10-12H2,1H3,(H,21,22)/t15-,17-/m1/s1. The van der Waals surface area contributed by atoms with Gasteiger partial charge in [-0.15, -0.1) is 0 Å². The number of nitrogens with one attached hydrogen (secondary N) is 1. The van der Waals surface area contributed by atoms with Crippen LogP contribution in [0.2, 0.25) is 0 Å². The molecule has 6 heteroatoms. The summed E-state index contributed by atoms with van der Waals surface area (Å²) in [6.45, 7) is 3.34. The molecule has 2 atom stereocenters. The van der Waals surface area contributed by atoms with Gasteiger partial charge in [0, 0.05) is 12.8 Å². The molecule has 1 aromatic carbocycles. The predicted molar refractivity (Wildman–Crippen MR) is 88.5 cm³/mol. The molecule has 1 amide bonds. The summed E-state index contributed by atoms with van der Waals surface area (Å²) in [7, 11) is 0. The van der Waals surface area contributed by atoms with Crippen LogP contribution in [0.1, 0.15) is 28.3 Å². The van der Waals surface area contributed by atoms with Crippen LogP contribution < -0.4 is 5.32 Å². The maximum absolute atomic E-state index is 12.4. The Morgan fingerprint density at radius 2 is 2.17 bits per heavy atom. The molecule has 1 aromatic heterocycles. The Bertz CT molecular complexity index is 678. The van der Waals surface area contributed by atoms with Gasteiger partial charge in [0.25, 0.3) is 5.91 Å². The van der Waals surface area contributed by atoms with Crippen molar-refractivity contribution in [2.75, 3.05) is 13.2 Å². The molecule has 3 rings (SSSR count). The van der Waals surface area contributed by atoms with Crippen LogP contribution in [0.15, 0.2) is 42.6 Å². The molecular formula is C18H21N3O3. The van der Waals surface area contributed by atoms with Crippen molar-refractivity contribution in [2.45, 2.75) is 32.1 Å². The minimum absolute atomic E-state index is 0.0924. The number of amides is 1. The number of benzene rings is 1. The number of carbonyl (C=O) groups excluding carboxylic acids is 1. The van der Waals surface area contributed by atoms with Crippen LogP contribution in [-0.4, -0.2) is 41.2 Å². The second-order valence-electron chi connectivity index (χ2n) is 5.77. The van der Waals surface area contributed by atoms with Gasteiger partial charge in [0.15, 0.2) is 0 Å². The van der Waals surface area contributed by atoms with Crippen molar-refractivity contribution in [1.82, 2.24) is 15.3 Å². The van der Waals surface area contributed by atoms with Gasteiger partial charge in [-0.25, -0.2) is 9.97 Å². The maximum atomic E-state index is 12.4. The van der Waals surface area contributed by atoms with Crippen molar-refractivity contribution in [3.63, 3.8) is 0 Å². The molecule has 126 valence electrons. The average molecular weight is 327 g/mol. The molecule has 2 heterocycles. The van der Waals surface area contributed by atoms with E-state index in [1.165, 1.54) is 0 Å². The number of nitrogens with zero attached hydrogens (tertiary/aromatic N) is 2. The Kier molecular flexibility index (Phi) is 5.51. The molecule has 1 N–H and O–H groups in total. The van der Waals surface area contributed by atoms with E-state index in [0.717, 1.165) is 12.0 Å². The van der Waals surface area contributed by atoms with Crippen molar-refractivity contribution < 1.29 is 14.3 Å². The zero-order valence-corrected chi connectivity index (χ0v) is 13.6. The molecule has 0 spiro atoms. The largest absolute Gasteiger partial charge is 0.379 e. The lowest BCUT2D eigenvalue weighted by Crippen LogP contribution is -2.50. The smallest absolute Gasteiger partial charge is 0.270 e. The highest BCUT2D eigenvalue weighted by Gasteiger charge is 2.28. The summed E-state index contributed by atoms with van der Waals surface area (Å²) in [4.78, 5) is 20.6. The molecule has 24 heavy (non-hydrogen) atoms. The summed E-state index contributed by atoms with van der Waals surface area (Å²) in [6, 6.07) is 11.5. The predicted octanol–water partition coefficient (Wildman–Crippen LogP) is 1.89. The van der Waals surface area contributed by atoms with Crippen molar-refractivity contribution in [3.05, 3.63) is 59.7 Å². The van der Waals surface area contributed by atoms with Crippen molar-refractivity contribution >= 4 is 5.91 Å². The molecule has 1 aliphatic heterocycles. The molecule has 2 aromatic rings. The minimum Gasteiger partial charge on any atom is -0.379 e. The van der Waals surface area contributed by atoms with E-state index in [-0.39, 0.29) is 18.1 Å². The second kappa shape index (κ2) is 7.99. The molecule has 6 nitrogen and oxygen atoms in total. The van der Waals surface area contributed by atoms with Gasteiger partial charge in [-0.1, -0.05) is 30.3 Å². The van der Waals surface area contributed by atoms with Gasteiger partial charge >= 0.3 is 0 Å². The molecule has 1 fully saturated rings. The first-order chi connectivity index (χ1) is 11.7. The molecule has 0 radical (unpaired) electrons.